The Morgan fingerprint density at radius 1 is 1.25 bits per heavy atom. The second-order valence-corrected chi connectivity index (χ2v) is 7.01. The molecule has 0 radical (unpaired) electrons. The number of rotatable bonds is 4. The molecule has 4 heteroatoms. The molecule has 1 aliphatic carbocycles. The molecule has 0 aliphatic heterocycles. The predicted octanol–water partition coefficient (Wildman–Crippen LogP) is 5.01. The maximum Gasteiger partial charge on any atom is 0.229 e. The number of aromatic nitrogens is 1. The number of carbonyl (C=O) groups is 1. The van der Waals surface area contributed by atoms with Gasteiger partial charge in [-0.3, -0.25) is 4.79 Å². The van der Waals surface area contributed by atoms with E-state index in [1.165, 1.54) is 19.3 Å². The molecule has 2 aromatic rings. The lowest BCUT2D eigenvalue weighted by Gasteiger charge is -2.26. The zero-order valence-electron chi connectivity index (χ0n) is 14.8. The SMILES string of the molecule is CC(C)c1nc(-c2cccc(N(C)C(=O)C3CCCCC3)c2)co1. The van der Waals surface area contributed by atoms with Gasteiger partial charge in [-0.15, -0.1) is 0 Å². The predicted molar refractivity (Wildman–Crippen MR) is 96.0 cm³/mol. The highest BCUT2D eigenvalue weighted by atomic mass is 16.3. The topological polar surface area (TPSA) is 46.3 Å². The number of nitrogens with zero attached hydrogens (tertiary/aromatic N) is 2. The Kier molecular flexibility index (Phi) is 5.03. The summed E-state index contributed by atoms with van der Waals surface area (Å²) in [7, 11) is 1.87. The van der Waals surface area contributed by atoms with Crippen LogP contribution in [0.3, 0.4) is 0 Å². The maximum atomic E-state index is 12.7. The van der Waals surface area contributed by atoms with Crippen molar-refractivity contribution in [2.45, 2.75) is 51.9 Å². The Morgan fingerprint density at radius 2 is 2.00 bits per heavy atom. The molecule has 0 bridgehead atoms. The van der Waals surface area contributed by atoms with E-state index in [1.54, 1.807) is 11.2 Å². The van der Waals surface area contributed by atoms with Gasteiger partial charge in [0.05, 0.1) is 0 Å². The van der Waals surface area contributed by atoms with Crippen LogP contribution in [0, 0.1) is 5.92 Å². The zero-order chi connectivity index (χ0) is 17.1. The Labute approximate surface area is 143 Å². The molecule has 0 saturated heterocycles. The van der Waals surface area contributed by atoms with Crippen LogP contribution in [0.4, 0.5) is 5.69 Å². The third-order valence-corrected chi connectivity index (χ3v) is 4.83. The van der Waals surface area contributed by atoms with E-state index in [4.69, 9.17) is 4.42 Å². The van der Waals surface area contributed by atoms with Crippen LogP contribution in [-0.4, -0.2) is 17.9 Å². The van der Waals surface area contributed by atoms with Crippen molar-refractivity contribution in [3.63, 3.8) is 0 Å². The Balaban J connectivity index is 1.79. The van der Waals surface area contributed by atoms with Gasteiger partial charge in [0, 0.05) is 30.1 Å². The number of hydrogen-bond acceptors (Lipinski definition) is 3. The van der Waals surface area contributed by atoms with Gasteiger partial charge in [0.25, 0.3) is 0 Å². The summed E-state index contributed by atoms with van der Waals surface area (Å²) in [6, 6.07) is 7.97. The first-order valence-corrected chi connectivity index (χ1v) is 8.89. The maximum absolute atomic E-state index is 12.7. The quantitative estimate of drug-likeness (QED) is 0.793. The van der Waals surface area contributed by atoms with E-state index in [9.17, 15) is 4.79 Å². The lowest BCUT2D eigenvalue weighted by atomic mass is 9.88. The number of anilines is 1. The van der Waals surface area contributed by atoms with Crippen molar-refractivity contribution in [1.29, 1.82) is 0 Å². The highest BCUT2D eigenvalue weighted by molar-refractivity contribution is 5.95. The van der Waals surface area contributed by atoms with Gasteiger partial charge in [0.1, 0.15) is 12.0 Å². The summed E-state index contributed by atoms with van der Waals surface area (Å²) < 4.78 is 5.53. The molecule has 1 aromatic heterocycles. The summed E-state index contributed by atoms with van der Waals surface area (Å²) in [5.74, 6) is 1.40. The normalized spacial score (nSPS) is 15.7. The molecular formula is C20H26N2O2. The Hall–Kier alpha value is -2.10. The third kappa shape index (κ3) is 3.53. The number of amides is 1. The summed E-state index contributed by atoms with van der Waals surface area (Å²) in [5.41, 5.74) is 2.71. The number of hydrogen-bond donors (Lipinski definition) is 0. The minimum Gasteiger partial charge on any atom is -0.448 e. The first kappa shape index (κ1) is 16.7. The molecule has 1 aliphatic rings. The van der Waals surface area contributed by atoms with E-state index in [0.717, 1.165) is 35.7 Å². The summed E-state index contributed by atoms with van der Waals surface area (Å²) in [4.78, 5) is 19.1. The van der Waals surface area contributed by atoms with Gasteiger partial charge >= 0.3 is 0 Å². The average Bonchev–Trinajstić information content (AvgIpc) is 3.12. The van der Waals surface area contributed by atoms with E-state index in [1.807, 2.05) is 31.3 Å². The molecule has 24 heavy (non-hydrogen) atoms. The first-order chi connectivity index (χ1) is 11.6. The highest BCUT2D eigenvalue weighted by Crippen LogP contribution is 2.29. The lowest BCUT2D eigenvalue weighted by molar-refractivity contribution is -0.123. The molecular weight excluding hydrogens is 300 g/mol. The number of oxazole rings is 1. The average molecular weight is 326 g/mol. The third-order valence-electron chi connectivity index (χ3n) is 4.83. The van der Waals surface area contributed by atoms with Crippen molar-refractivity contribution in [1.82, 2.24) is 4.98 Å². The van der Waals surface area contributed by atoms with Crippen molar-refractivity contribution in [3.8, 4) is 11.3 Å². The second kappa shape index (κ2) is 7.20. The molecule has 0 spiro atoms. The minimum atomic E-state index is 0.173. The van der Waals surface area contributed by atoms with Crippen molar-refractivity contribution >= 4 is 11.6 Å². The van der Waals surface area contributed by atoms with Crippen LogP contribution in [0.25, 0.3) is 11.3 Å². The van der Waals surface area contributed by atoms with Crippen LogP contribution in [-0.2, 0) is 4.79 Å². The smallest absolute Gasteiger partial charge is 0.229 e. The van der Waals surface area contributed by atoms with Gasteiger partial charge in [-0.1, -0.05) is 45.2 Å². The molecule has 4 nitrogen and oxygen atoms in total. The number of carbonyl (C=O) groups excluding carboxylic acids is 1. The second-order valence-electron chi connectivity index (χ2n) is 7.01. The van der Waals surface area contributed by atoms with Crippen molar-refractivity contribution in [2.24, 2.45) is 5.92 Å². The van der Waals surface area contributed by atoms with Crippen LogP contribution in [0.15, 0.2) is 34.9 Å². The number of benzene rings is 1. The van der Waals surface area contributed by atoms with Gasteiger partial charge in [0.2, 0.25) is 5.91 Å². The van der Waals surface area contributed by atoms with E-state index in [0.29, 0.717) is 0 Å². The molecule has 3 rings (SSSR count). The van der Waals surface area contributed by atoms with Crippen LogP contribution in [0.1, 0.15) is 57.8 Å². The van der Waals surface area contributed by atoms with Crippen molar-refractivity contribution in [2.75, 3.05) is 11.9 Å². The van der Waals surface area contributed by atoms with Crippen molar-refractivity contribution < 1.29 is 9.21 Å². The van der Waals surface area contributed by atoms with Crippen LogP contribution < -0.4 is 4.90 Å². The molecule has 1 heterocycles. The summed E-state index contributed by atoms with van der Waals surface area (Å²) in [6.07, 6.45) is 7.32. The lowest BCUT2D eigenvalue weighted by Crippen LogP contribution is -2.33. The first-order valence-electron chi connectivity index (χ1n) is 8.89. The monoisotopic (exact) mass is 326 g/mol. The summed E-state index contributed by atoms with van der Waals surface area (Å²) >= 11 is 0. The van der Waals surface area contributed by atoms with Crippen LogP contribution in [0.5, 0.6) is 0 Å². The van der Waals surface area contributed by atoms with E-state index >= 15 is 0 Å². The van der Waals surface area contributed by atoms with Gasteiger partial charge in [-0.2, -0.15) is 0 Å². The van der Waals surface area contributed by atoms with E-state index < -0.39 is 0 Å². The molecule has 1 saturated carbocycles. The fourth-order valence-electron chi connectivity index (χ4n) is 3.31. The molecule has 0 unspecified atom stereocenters. The molecule has 0 atom stereocenters. The molecule has 1 fully saturated rings. The molecule has 0 N–H and O–H groups in total. The van der Waals surface area contributed by atoms with E-state index in [2.05, 4.69) is 18.8 Å². The summed E-state index contributed by atoms with van der Waals surface area (Å²) in [6.45, 7) is 4.12. The van der Waals surface area contributed by atoms with Gasteiger partial charge in [0.15, 0.2) is 5.89 Å². The zero-order valence-corrected chi connectivity index (χ0v) is 14.8. The van der Waals surface area contributed by atoms with Gasteiger partial charge < -0.3 is 9.32 Å². The van der Waals surface area contributed by atoms with E-state index in [-0.39, 0.29) is 17.7 Å². The van der Waals surface area contributed by atoms with Gasteiger partial charge in [-0.05, 0) is 25.0 Å². The molecule has 1 amide bonds. The Bertz CT molecular complexity index is 699. The molecule has 1 aromatic carbocycles. The largest absolute Gasteiger partial charge is 0.448 e. The minimum absolute atomic E-state index is 0.173. The highest BCUT2D eigenvalue weighted by Gasteiger charge is 2.25. The fraction of sp³-hybridized carbons (Fsp3) is 0.500. The fourth-order valence-corrected chi connectivity index (χ4v) is 3.31. The van der Waals surface area contributed by atoms with Crippen LogP contribution in [0.2, 0.25) is 0 Å². The standard InChI is InChI=1S/C20H26N2O2/c1-14(2)19-21-18(13-24-19)16-10-7-11-17(12-16)22(3)20(23)15-8-5-4-6-9-15/h7,10-15H,4-6,8-9H2,1-3H3. The van der Waals surface area contributed by atoms with Crippen LogP contribution >= 0.6 is 0 Å². The summed E-state index contributed by atoms with van der Waals surface area (Å²) in [5, 5.41) is 0. The molecule has 128 valence electrons. The van der Waals surface area contributed by atoms with Crippen molar-refractivity contribution in [3.05, 3.63) is 36.4 Å². The van der Waals surface area contributed by atoms with Gasteiger partial charge in [-0.25, -0.2) is 4.98 Å². The Morgan fingerprint density at radius 3 is 2.67 bits per heavy atom.